The summed E-state index contributed by atoms with van der Waals surface area (Å²) >= 11 is 0. The Kier molecular flexibility index (Phi) is 14.3. The highest BCUT2D eigenvalue weighted by Gasteiger charge is 2.52. The largest absolute Gasteiger partial charge is 0.463 e. The Morgan fingerprint density at radius 1 is 0.648 bits per heavy atom. The normalized spacial score (nSPS) is 27.7. The second-order valence-corrected chi connectivity index (χ2v) is 12.4. The number of hydrogen-bond donors (Lipinski definition) is 6. The quantitative estimate of drug-likeness (QED) is 0.109. The van der Waals surface area contributed by atoms with Gasteiger partial charge in [0.15, 0.2) is 12.2 Å². The minimum atomic E-state index is -1.50. The Morgan fingerprint density at radius 3 is 1.67 bits per heavy atom. The van der Waals surface area contributed by atoms with E-state index >= 15 is 0 Å². The van der Waals surface area contributed by atoms with Gasteiger partial charge in [-0.15, -0.1) is 0 Å². The number of hydrogen-bond acceptors (Lipinski definition) is 16. The molecular weight excluding hydrogens is 718 g/mol. The number of ether oxygens (including phenoxy) is 7. The van der Waals surface area contributed by atoms with Crippen molar-refractivity contribution < 1.29 is 77.2 Å². The lowest BCUT2D eigenvalue weighted by molar-refractivity contribution is -0.257. The van der Waals surface area contributed by atoms with Crippen LogP contribution >= 0.6 is 0 Å². The fourth-order valence-electron chi connectivity index (χ4n) is 5.74. The molecule has 3 amide bonds. The number of aliphatic hydroxyl groups is 3. The molecule has 0 bridgehead atoms. The van der Waals surface area contributed by atoms with E-state index in [-0.39, 0.29) is 17.1 Å². The van der Waals surface area contributed by atoms with Crippen LogP contribution in [0.15, 0.2) is 48.5 Å². The minimum Gasteiger partial charge on any atom is -0.463 e. The molecule has 0 radical (unpaired) electrons. The van der Waals surface area contributed by atoms with Gasteiger partial charge >= 0.3 is 17.9 Å². The summed E-state index contributed by atoms with van der Waals surface area (Å²) in [5.74, 6) is -3.33. The molecule has 10 unspecified atom stereocenters. The average molecular weight is 762 g/mol. The summed E-state index contributed by atoms with van der Waals surface area (Å²) in [7, 11) is 0. The van der Waals surface area contributed by atoms with Gasteiger partial charge < -0.3 is 64.4 Å². The van der Waals surface area contributed by atoms with Crippen molar-refractivity contribution in [3.63, 3.8) is 0 Å². The van der Waals surface area contributed by atoms with Gasteiger partial charge in [-0.1, -0.05) is 0 Å². The summed E-state index contributed by atoms with van der Waals surface area (Å²) in [6, 6.07) is 9.45. The molecule has 0 aliphatic carbocycles. The molecule has 294 valence electrons. The van der Waals surface area contributed by atoms with Crippen molar-refractivity contribution in [2.24, 2.45) is 0 Å². The molecule has 54 heavy (non-hydrogen) atoms. The van der Waals surface area contributed by atoms with Gasteiger partial charge in [-0.25, -0.2) is 0 Å². The molecule has 2 aliphatic rings. The average Bonchev–Trinajstić information content (AvgIpc) is 3.10. The summed E-state index contributed by atoms with van der Waals surface area (Å²) < 4.78 is 39.4. The van der Waals surface area contributed by atoms with E-state index in [0.717, 1.165) is 20.8 Å². The Morgan fingerprint density at radius 2 is 1.15 bits per heavy atom. The molecule has 19 heteroatoms. The van der Waals surface area contributed by atoms with E-state index < -0.39 is 110 Å². The molecule has 0 aromatic heterocycles. The lowest BCUT2D eigenvalue weighted by atomic mass is 9.96. The second kappa shape index (κ2) is 18.6. The molecule has 2 fully saturated rings. The number of nitrogens with one attached hydrogen (secondary N) is 3. The van der Waals surface area contributed by atoms with E-state index in [1.807, 2.05) is 0 Å². The van der Waals surface area contributed by atoms with Crippen molar-refractivity contribution in [2.75, 3.05) is 18.5 Å². The highest BCUT2D eigenvalue weighted by atomic mass is 16.7. The van der Waals surface area contributed by atoms with E-state index in [4.69, 9.17) is 33.2 Å². The molecular formula is C35H43N3O16. The zero-order valence-corrected chi connectivity index (χ0v) is 30.0. The van der Waals surface area contributed by atoms with Crippen molar-refractivity contribution in [3.8, 4) is 11.5 Å². The molecule has 4 rings (SSSR count). The summed E-state index contributed by atoms with van der Waals surface area (Å²) in [6.45, 7) is 4.83. The number of benzene rings is 2. The van der Waals surface area contributed by atoms with E-state index in [1.165, 1.54) is 62.4 Å². The summed E-state index contributed by atoms with van der Waals surface area (Å²) in [6.07, 6.45) is -10.5. The predicted octanol–water partition coefficient (Wildman–Crippen LogP) is -0.704. The lowest BCUT2D eigenvalue weighted by Crippen LogP contribution is -2.67. The molecule has 2 saturated heterocycles. The number of carbonyl (C=O) groups excluding carboxylic acids is 6. The van der Waals surface area contributed by atoms with Crippen LogP contribution in [0.2, 0.25) is 0 Å². The van der Waals surface area contributed by atoms with Crippen molar-refractivity contribution in [2.45, 2.75) is 95.9 Å². The third-order valence-electron chi connectivity index (χ3n) is 8.06. The Bertz CT molecular complexity index is 1650. The van der Waals surface area contributed by atoms with Crippen molar-refractivity contribution in [1.29, 1.82) is 0 Å². The second-order valence-electron chi connectivity index (χ2n) is 12.4. The van der Waals surface area contributed by atoms with Crippen LogP contribution in [-0.2, 0) is 47.7 Å². The van der Waals surface area contributed by atoms with E-state index in [1.54, 1.807) is 0 Å². The smallest absolute Gasteiger partial charge is 0.303 e. The van der Waals surface area contributed by atoms with E-state index in [0.29, 0.717) is 5.69 Å². The van der Waals surface area contributed by atoms with Crippen LogP contribution in [0.5, 0.6) is 11.5 Å². The van der Waals surface area contributed by atoms with Gasteiger partial charge in [-0.2, -0.15) is 0 Å². The molecule has 10 atom stereocenters. The molecule has 2 aliphatic heterocycles. The predicted molar refractivity (Wildman–Crippen MR) is 181 cm³/mol. The van der Waals surface area contributed by atoms with Crippen LogP contribution in [0, 0.1) is 0 Å². The van der Waals surface area contributed by atoms with Gasteiger partial charge in [0.25, 0.3) is 5.91 Å². The number of aliphatic hydroxyl groups excluding tert-OH is 3. The maximum absolute atomic E-state index is 13.1. The van der Waals surface area contributed by atoms with Gasteiger partial charge in [0.05, 0.1) is 6.61 Å². The first-order valence-electron chi connectivity index (χ1n) is 16.7. The maximum atomic E-state index is 13.1. The zero-order chi connectivity index (χ0) is 39.7. The zero-order valence-electron chi connectivity index (χ0n) is 30.0. The van der Waals surface area contributed by atoms with Crippen LogP contribution in [0.3, 0.4) is 0 Å². The van der Waals surface area contributed by atoms with Crippen LogP contribution in [0.1, 0.15) is 45.0 Å². The molecule has 0 spiro atoms. The first kappa shape index (κ1) is 41.4. The fraction of sp³-hybridized carbons (Fsp3) is 0.486. The lowest BCUT2D eigenvalue weighted by Gasteiger charge is -2.44. The van der Waals surface area contributed by atoms with Crippen LogP contribution in [-0.4, -0.2) is 125 Å². The van der Waals surface area contributed by atoms with Crippen LogP contribution in [0.25, 0.3) is 0 Å². The molecule has 6 N–H and O–H groups in total. The molecule has 2 aromatic carbocycles. The SMILES string of the molecule is CC(=O)NC1C(Oc2ccc(C(=O)Nc3ccc(OC4OC(COC(C)=O)C(OC(C)=O)C(OC(C)=O)C4NC(C)=O)cc3)cc2)OC(CO)C(O)C1O. The summed E-state index contributed by atoms with van der Waals surface area (Å²) in [5, 5.41) is 38.0. The number of rotatable bonds is 13. The van der Waals surface area contributed by atoms with E-state index in [9.17, 15) is 44.1 Å². The molecule has 2 aromatic rings. The van der Waals surface area contributed by atoms with Gasteiger partial charge in [0.2, 0.25) is 24.4 Å². The number of anilines is 1. The first-order valence-corrected chi connectivity index (χ1v) is 16.7. The fourth-order valence-corrected chi connectivity index (χ4v) is 5.74. The van der Waals surface area contributed by atoms with Gasteiger partial charge in [0, 0.05) is 45.9 Å². The maximum Gasteiger partial charge on any atom is 0.303 e. The highest BCUT2D eigenvalue weighted by Crippen LogP contribution is 2.30. The summed E-state index contributed by atoms with van der Waals surface area (Å²) in [5.41, 5.74) is 0.577. The van der Waals surface area contributed by atoms with Crippen LogP contribution < -0.4 is 25.4 Å². The number of esters is 3. The van der Waals surface area contributed by atoms with Crippen LogP contribution in [0.4, 0.5) is 5.69 Å². The van der Waals surface area contributed by atoms with Crippen molar-refractivity contribution in [1.82, 2.24) is 10.6 Å². The van der Waals surface area contributed by atoms with Crippen molar-refractivity contribution in [3.05, 3.63) is 54.1 Å². The topological polar surface area (TPSA) is 264 Å². The third kappa shape index (κ3) is 11.1. The van der Waals surface area contributed by atoms with Gasteiger partial charge in [0.1, 0.15) is 54.6 Å². The highest BCUT2D eigenvalue weighted by molar-refractivity contribution is 6.04. The Balaban J connectivity index is 1.45. The standard InChI is InChI=1S/C35H43N3O16/c1-16(40)36-27-30(46)29(45)25(14-39)53-34(27)51-23-10-6-21(7-11-23)33(47)38-22-8-12-24(13-9-22)52-35-28(37-17(2)41)32(50-20(5)44)31(49-19(4)43)26(54-35)15-48-18(3)42/h6-13,25-32,34-35,39,45-46H,14-15H2,1-5H3,(H,36,40)(H,37,41)(H,38,47). The monoisotopic (exact) mass is 761 g/mol. The molecule has 2 heterocycles. The number of carbonyl (C=O) groups is 6. The number of amides is 3. The molecule has 19 nitrogen and oxygen atoms in total. The summed E-state index contributed by atoms with van der Waals surface area (Å²) in [4.78, 5) is 72.6. The molecule has 0 saturated carbocycles. The van der Waals surface area contributed by atoms with Crippen molar-refractivity contribution >= 4 is 41.3 Å². The third-order valence-corrected chi connectivity index (χ3v) is 8.06. The minimum absolute atomic E-state index is 0.192. The van der Waals surface area contributed by atoms with Gasteiger partial charge in [-0.3, -0.25) is 28.8 Å². The first-order chi connectivity index (χ1) is 25.6. The Hall–Kier alpha value is -5.34. The van der Waals surface area contributed by atoms with Gasteiger partial charge in [-0.05, 0) is 48.5 Å². The Labute approximate surface area is 309 Å². The van der Waals surface area contributed by atoms with E-state index in [2.05, 4.69) is 16.0 Å².